The van der Waals surface area contributed by atoms with Gasteiger partial charge in [0.05, 0.1) is 11.0 Å². The number of hydrogen-bond donors (Lipinski definition) is 1. The van der Waals surface area contributed by atoms with Crippen LogP contribution in [0.5, 0.6) is 0 Å². The van der Waals surface area contributed by atoms with Crippen molar-refractivity contribution in [3.63, 3.8) is 0 Å². The van der Waals surface area contributed by atoms with E-state index < -0.39 is 12.1 Å². The number of aliphatic carboxylic acids is 1. The van der Waals surface area contributed by atoms with Crippen LogP contribution in [0.2, 0.25) is 0 Å². The van der Waals surface area contributed by atoms with Crippen LogP contribution in [0.4, 0.5) is 0 Å². The fraction of sp³-hybridized carbons (Fsp3) is 0.259. The summed E-state index contributed by atoms with van der Waals surface area (Å²) in [6, 6.07) is 23.6. The molecule has 1 aromatic heterocycles. The van der Waals surface area contributed by atoms with Crippen LogP contribution < -0.4 is 5.43 Å². The highest BCUT2D eigenvalue weighted by Gasteiger charge is 2.17. The fourth-order valence-electron chi connectivity index (χ4n) is 4.23. The van der Waals surface area contributed by atoms with Gasteiger partial charge in [-0.15, -0.1) is 0 Å². The number of aryl methyl sites for hydroxylation is 2. The van der Waals surface area contributed by atoms with Crippen LogP contribution in [0, 0.1) is 0 Å². The molecule has 1 unspecified atom stereocenters. The Bertz CT molecular complexity index is 1230. The van der Waals surface area contributed by atoms with Crippen LogP contribution in [-0.4, -0.2) is 28.4 Å². The van der Waals surface area contributed by atoms with E-state index in [1.54, 1.807) is 6.92 Å². The van der Waals surface area contributed by atoms with Gasteiger partial charge in [-0.05, 0) is 55.2 Å². The lowest BCUT2D eigenvalue weighted by Crippen LogP contribution is -2.26. The molecule has 0 spiro atoms. The molecule has 4 rings (SSSR count). The second-order valence-electron chi connectivity index (χ2n) is 7.92. The lowest BCUT2D eigenvalue weighted by Gasteiger charge is -2.15. The van der Waals surface area contributed by atoms with Gasteiger partial charge in [-0.3, -0.25) is 4.79 Å². The van der Waals surface area contributed by atoms with Gasteiger partial charge >= 0.3 is 5.97 Å². The number of pyridine rings is 1. The van der Waals surface area contributed by atoms with Crippen molar-refractivity contribution in [2.75, 3.05) is 6.61 Å². The molecular formula is C27H27NO4. The molecular weight excluding hydrogens is 402 g/mol. The van der Waals surface area contributed by atoms with Crippen molar-refractivity contribution in [2.45, 2.75) is 38.8 Å². The normalized spacial score (nSPS) is 12.3. The van der Waals surface area contributed by atoms with E-state index in [9.17, 15) is 14.7 Å². The van der Waals surface area contributed by atoms with Crippen molar-refractivity contribution in [2.24, 2.45) is 0 Å². The predicted molar refractivity (Wildman–Crippen MR) is 127 cm³/mol. The van der Waals surface area contributed by atoms with Gasteiger partial charge in [0.1, 0.15) is 0 Å². The molecule has 32 heavy (non-hydrogen) atoms. The van der Waals surface area contributed by atoms with Gasteiger partial charge in [-0.25, -0.2) is 4.79 Å². The summed E-state index contributed by atoms with van der Waals surface area (Å²) in [6.45, 7) is 2.98. The molecule has 1 N–H and O–H groups in total. The minimum atomic E-state index is -0.934. The topological polar surface area (TPSA) is 68.5 Å². The Morgan fingerprint density at radius 2 is 1.47 bits per heavy atom. The number of ether oxygens (including phenoxy) is 1. The molecule has 164 valence electrons. The number of carboxylic acid groups (broad SMARTS) is 1. The summed E-state index contributed by atoms with van der Waals surface area (Å²) in [5, 5.41) is 10.8. The van der Waals surface area contributed by atoms with Crippen LogP contribution in [-0.2, 0) is 28.9 Å². The van der Waals surface area contributed by atoms with Crippen LogP contribution in [0.25, 0.3) is 21.8 Å². The number of nitrogens with zero attached hydrogens (tertiary/aromatic N) is 1. The van der Waals surface area contributed by atoms with Crippen molar-refractivity contribution < 1.29 is 14.6 Å². The van der Waals surface area contributed by atoms with E-state index in [4.69, 9.17) is 4.74 Å². The van der Waals surface area contributed by atoms with E-state index in [2.05, 4.69) is 16.7 Å². The molecule has 0 saturated carbocycles. The summed E-state index contributed by atoms with van der Waals surface area (Å²) in [5.74, 6) is -0.934. The summed E-state index contributed by atoms with van der Waals surface area (Å²) in [7, 11) is 0. The lowest BCUT2D eigenvalue weighted by atomic mass is 10.0. The Hall–Kier alpha value is -3.44. The first-order chi connectivity index (χ1) is 15.6. The van der Waals surface area contributed by atoms with E-state index in [0.29, 0.717) is 13.0 Å². The zero-order valence-electron chi connectivity index (χ0n) is 18.2. The van der Waals surface area contributed by atoms with Crippen LogP contribution in [0.15, 0.2) is 77.6 Å². The summed E-state index contributed by atoms with van der Waals surface area (Å²) >= 11 is 0. The summed E-state index contributed by atoms with van der Waals surface area (Å²) in [6.07, 6.45) is 1.36. The minimum Gasteiger partial charge on any atom is -0.479 e. The Kier molecular flexibility index (Phi) is 6.66. The smallest absolute Gasteiger partial charge is 0.333 e. The first-order valence-electron chi connectivity index (χ1n) is 11.0. The predicted octanol–water partition coefficient (Wildman–Crippen LogP) is 4.82. The van der Waals surface area contributed by atoms with Crippen molar-refractivity contribution >= 4 is 27.8 Å². The number of para-hydroxylation sites is 2. The van der Waals surface area contributed by atoms with Gasteiger partial charge < -0.3 is 14.4 Å². The first-order valence-corrected chi connectivity index (χ1v) is 11.0. The molecule has 4 aromatic rings. The van der Waals surface area contributed by atoms with Gasteiger partial charge in [0.25, 0.3) is 0 Å². The zero-order chi connectivity index (χ0) is 22.5. The van der Waals surface area contributed by atoms with Crippen LogP contribution in [0.1, 0.15) is 24.5 Å². The average Bonchev–Trinajstić information content (AvgIpc) is 2.82. The molecule has 0 fully saturated rings. The maximum Gasteiger partial charge on any atom is 0.333 e. The molecule has 1 heterocycles. The number of aromatic nitrogens is 1. The third-order valence-corrected chi connectivity index (χ3v) is 5.81. The fourth-order valence-corrected chi connectivity index (χ4v) is 4.23. The second kappa shape index (κ2) is 9.79. The highest BCUT2D eigenvalue weighted by molar-refractivity contribution is 5.93. The van der Waals surface area contributed by atoms with E-state index in [-0.39, 0.29) is 5.43 Å². The van der Waals surface area contributed by atoms with Gasteiger partial charge in [-0.1, -0.05) is 48.5 Å². The molecule has 0 radical (unpaired) electrons. The SMILES string of the molecule is CCOC(Cc1ccc(CCCn2c3ccccc3c(=O)c3ccccc32)cc1)C(=O)O. The van der Waals surface area contributed by atoms with E-state index >= 15 is 0 Å². The molecule has 0 amide bonds. The number of carboxylic acids is 1. The molecule has 0 aliphatic carbocycles. The van der Waals surface area contributed by atoms with Crippen molar-refractivity contribution in [1.82, 2.24) is 4.57 Å². The minimum absolute atomic E-state index is 0.0785. The molecule has 0 aliphatic rings. The van der Waals surface area contributed by atoms with Crippen LogP contribution in [0.3, 0.4) is 0 Å². The Morgan fingerprint density at radius 3 is 2.03 bits per heavy atom. The van der Waals surface area contributed by atoms with Gasteiger partial charge in [0.15, 0.2) is 11.5 Å². The van der Waals surface area contributed by atoms with Crippen molar-refractivity contribution in [3.8, 4) is 0 Å². The third kappa shape index (κ3) is 4.58. The van der Waals surface area contributed by atoms with Crippen molar-refractivity contribution in [3.05, 3.63) is 94.1 Å². The number of rotatable bonds is 9. The summed E-state index contributed by atoms with van der Waals surface area (Å²) < 4.78 is 7.54. The first kappa shape index (κ1) is 21.8. The molecule has 5 nitrogen and oxygen atoms in total. The third-order valence-electron chi connectivity index (χ3n) is 5.81. The molecule has 1 atom stereocenters. The highest BCUT2D eigenvalue weighted by Crippen LogP contribution is 2.20. The summed E-state index contributed by atoms with van der Waals surface area (Å²) in [4.78, 5) is 24.2. The van der Waals surface area contributed by atoms with E-state index in [1.807, 2.05) is 60.7 Å². The summed E-state index contributed by atoms with van der Waals surface area (Å²) in [5.41, 5.74) is 4.15. The number of hydrogen-bond acceptors (Lipinski definition) is 3. The highest BCUT2D eigenvalue weighted by atomic mass is 16.5. The van der Waals surface area contributed by atoms with E-state index in [1.165, 1.54) is 5.56 Å². The molecule has 3 aromatic carbocycles. The number of carbonyl (C=O) groups is 1. The monoisotopic (exact) mass is 429 g/mol. The maximum atomic E-state index is 12.9. The molecule has 0 aliphatic heterocycles. The second-order valence-corrected chi connectivity index (χ2v) is 7.92. The molecule has 0 saturated heterocycles. The van der Waals surface area contributed by atoms with Gasteiger partial charge in [0, 0.05) is 30.3 Å². The number of fused-ring (bicyclic) bond motifs is 2. The standard InChI is InChI=1S/C27H27NO4/c1-2-32-25(27(30)31)18-20-15-13-19(14-16-20)8-7-17-28-23-11-5-3-9-21(23)26(29)22-10-4-6-12-24(22)28/h3-6,9-16,25H,2,7-8,17-18H2,1H3,(H,30,31). The largest absolute Gasteiger partial charge is 0.479 e. The zero-order valence-corrected chi connectivity index (χ0v) is 18.2. The lowest BCUT2D eigenvalue weighted by molar-refractivity contribution is -0.149. The Labute approximate surface area is 186 Å². The quantitative estimate of drug-likeness (QED) is 0.387. The van der Waals surface area contributed by atoms with Gasteiger partial charge in [0.2, 0.25) is 0 Å². The number of benzene rings is 3. The van der Waals surface area contributed by atoms with Gasteiger partial charge in [-0.2, -0.15) is 0 Å². The van der Waals surface area contributed by atoms with E-state index in [0.717, 1.165) is 46.8 Å². The average molecular weight is 430 g/mol. The van der Waals surface area contributed by atoms with Crippen molar-refractivity contribution in [1.29, 1.82) is 0 Å². The van der Waals surface area contributed by atoms with Crippen LogP contribution >= 0.6 is 0 Å². The molecule has 0 bridgehead atoms. The Balaban J connectivity index is 1.49. The Morgan fingerprint density at radius 1 is 0.906 bits per heavy atom. The molecule has 5 heteroatoms. The maximum absolute atomic E-state index is 12.9.